The maximum atomic E-state index is 13.3. The second kappa shape index (κ2) is 9.05. The van der Waals surface area contributed by atoms with E-state index in [2.05, 4.69) is 13.8 Å². The normalized spacial score (nSPS) is 19.0. The molecule has 1 aromatic heterocycles. The third-order valence-electron chi connectivity index (χ3n) is 5.70. The average molecular weight is 456 g/mol. The summed E-state index contributed by atoms with van der Waals surface area (Å²) in [5.74, 6) is 1.33. The van der Waals surface area contributed by atoms with Crippen molar-refractivity contribution in [1.29, 1.82) is 0 Å². The number of rotatable bonds is 4. The van der Waals surface area contributed by atoms with E-state index in [1.807, 2.05) is 42.2 Å². The van der Waals surface area contributed by atoms with Gasteiger partial charge >= 0.3 is 0 Å². The average Bonchev–Trinajstić information content (AvgIpc) is 2.73. The molecule has 2 aromatic carbocycles. The van der Waals surface area contributed by atoms with Crippen LogP contribution in [0.5, 0.6) is 0 Å². The highest BCUT2D eigenvalue weighted by molar-refractivity contribution is 7.99. The highest BCUT2D eigenvalue weighted by atomic mass is 35.5. The number of hydrogen-bond donors (Lipinski definition) is 0. The van der Waals surface area contributed by atoms with Gasteiger partial charge in [-0.1, -0.05) is 55.4 Å². The second-order valence-electron chi connectivity index (χ2n) is 8.52. The number of aromatic nitrogens is 2. The van der Waals surface area contributed by atoms with Crippen molar-refractivity contribution >= 4 is 40.2 Å². The number of benzene rings is 2. The Labute approximate surface area is 191 Å². The molecule has 0 radical (unpaired) electrons. The molecule has 0 saturated carbocycles. The van der Waals surface area contributed by atoms with E-state index in [1.54, 1.807) is 16.7 Å². The first-order valence-corrected chi connectivity index (χ1v) is 11.9. The summed E-state index contributed by atoms with van der Waals surface area (Å²) in [6.45, 7) is 7.87. The van der Waals surface area contributed by atoms with Gasteiger partial charge in [-0.25, -0.2) is 4.98 Å². The molecule has 2 heterocycles. The Bertz CT molecular complexity index is 1180. The number of piperidine rings is 1. The van der Waals surface area contributed by atoms with Crippen molar-refractivity contribution in [3.63, 3.8) is 0 Å². The molecule has 31 heavy (non-hydrogen) atoms. The van der Waals surface area contributed by atoms with Gasteiger partial charge in [-0.05, 0) is 55.0 Å². The Morgan fingerprint density at radius 1 is 1.16 bits per heavy atom. The van der Waals surface area contributed by atoms with E-state index in [1.165, 1.54) is 11.8 Å². The number of hydrogen-bond acceptors (Lipinski definition) is 4. The van der Waals surface area contributed by atoms with Crippen molar-refractivity contribution in [3.05, 3.63) is 63.4 Å². The molecule has 0 bridgehead atoms. The Hall–Kier alpha value is -2.31. The van der Waals surface area contributed by atoms with Crippen LogP contribution in [0.25, 0.3) is 16.6 Å². The minimum Gasteiger partial charge on any atom is -0.341 e. The molecular weight excluding hydrogens is 430 g/mol. The lowest BCUT2D eigenvalue weighted by Crippen LogP contribution is -2.43. The Kier molecular flexibility index (Phi) is 6.39. The zero-order valence-corrected chi connectivity index (χ0v) is 19.5. The molecule has 4 rings (SSSR count). The molecule has 1 amide bonds. The van der Waals surface area contributed by atoms with E-state index in [0.29, 0.717) is 38.6 Å². The summed E-state index contributed by atoms with van der Waals surface area (Å²) in [6.07, 6.45) is 1.15. The molecule has 2 unspecified atom stereocenters. The number of likely N-dealkylation sites (tertiary alicyclic amines) is 1. The summed E-state index contributed by atoms with van der Waals surface area (Å²) in [5.41, 5.74) is 2.04. The first-order valence-electron chi connectivity index (χ1n) is 10.5. The van der Waals surface area contributed by atoms with Crippen LogP contribution in [0.3, 0.4) is 0 Å². The molecule has 2 atom stereocenters. The predicted octanol–water partition coefficient (Wildman–Crippen LogP) is 4.94. The highest BCUT2D eigenvalue weighted by Gasteiger charge is 2.26. The lowest BCUT2D eigenvalue weighted by molar-refractivity contribution is -0.130. The lowest BCUT2D eigenvalue weighted by atomic mass is 9.92. The molecule has 1 aliphatic heterocycles. The third-order valence-corrected chi connectivity index (χ3v) is 7.04. The van der Waals surface area contributed by atoms with Crippen LogP contribution in [0.1, 0.15) is 25.8 Å². The van der Waals surface area contributed by atoms with Gasteiger partial charge in [-0.3, -0.25) is 14.2 Å². The molecule has 3 aromatic rings. The largest absolute Gasteiger partial charge is 0.341 e. The van der Waals surface area contributed by atoms with Crippen molar-refractivity contribution in [2.24, 2.45) is 11.8 Å². The van der Waals surface area contributed by atoms with Crippen molar-refractivity contribution in [2.45, 2.75) is 32.3 Å². The number of thioether (sulfide) groups is 1. The summed E-state index contributed by atoms with van der Waals surface area (Å²) in [5, 5.41) is 1.62. The number of carbonyl (C=O) groups excluding carboxylic acids is 1. The number of fused-ring (bicyclic) bond motifs is 1. The maximum absolute atomic E-state index is 13.3. The molecule has 162 valence electrons. The van der Waals surface area contributed by atoms with E-state index in [9.17, 15) is 9.59 Å². The summed E-state index contributed by atoms with van der Waals surface area (Å²) in [7, 11) is 0. The van der Waals surface area contributed by atoms with Gasteiger partial charge in [0.2, 0.25) is 5.91 Å². The Morgan fingerprint density at radius 2 is 1.87 bits per heavy atom. The first kappa shape index (κ1) is 21.9. The van der Waals surface area contributed by atoms with Gasteiger partial charge < -0.3 is 4.90 Å². The van der Waals surface area contributed by atoms with Crippen molar-refractivity contribution in [1.82, 2.24) is 14.5 Å². The number of halogens is 1. The zero-order chi connectivity index (χ0) is 22.1. The Balaban J connectivity index is 1.70. The summed E-state index contributed by atoms with van der Waals surface area (Å²) >= 11 is 7.64. The van der Waals surface area contributed by atoms with Gasteiger partial charge in [0.25, 0.3) is 5.56 Å². The fourth-order valence-corrected chi connectivity index (χ4v) is 5.33. The number of carbonyl (C=O) groups is 1. The molecular formula is C24H26ClN3O2S. The second-order valence-corrected chi connectivity index (χ2v) is 9.87. The van der Waals surface area contributed by atoms with Crippen LogP contribution in [-0.4, -0.2) is 39.2 Å². The quantitative estimate of drug-likeness (QED) is 0.413. The molecule has 0 N–H and O–H groups in total. The smallest absolute Gasteiger partial charge is 0.266 e. The molecule has 0 spiro atoms. The summed E-state index contributed by atoms with van der Waals surface area (Å²) < 4.78 is 1.56. The molecule has 1 fully saturated rings. The van der Waals surface area contributed by atoms with Crippen molar-refractivity contribution in [2.75, 3.05) is 18.8 Å². The minimum atomic E-state index is -0.166. The van der Waals surface area contributed by atoms with Crippen LogP contribution in [0, 0.1) is 18.8 Å². The monoisotopic (exact) mass is 455 g/mol. The number of aryl methyl sites for hydroxylation is 1. The number of nitrogens with zero attached hydrogens (tertiary/aromatic N) is 3. The minimum absolute atomic E-state index is 0.0827. The van der Waals surface area contributed by atoms with E-state index in [-0.39, 0.29) is 17.2 Å². The van der Waals surface area contributed by atoms with Crippen LogP contribution >= 0.6 is 23.4 Å². The van der Waals surface area contributed by atoms with Crippen molar-refractivity contribution < 1.29 is 4.79 Å². The molecule has 0 aliphatic carbocycles. The van der Waals surface area contributed by atoms with Gasteiger partial charge in [-0.15, -0.1) is 0 Å². The highest BCUT2D eigenvalue weighted by Crippen LogP contribution is 2.26. The molecule has 5 nitrogen and oxygen atoms in total. The fraction of sp³-hybridized carbons (Fsp3) is 0.375. The van der Waals surface area contributed by atoms with Crippen LogP contribution in [-0.2, 0) is 4.79 Å². The van der Waals surface area contributed by atoms with Crippen LogP contribution in [0.2, 0.25) is 5.02 Å². The standard InChI is InChI=1S/C24H26ClN3O2S/c1-15-10-16(2)13-27(12-15)22(29)14-31-24-26-21-7-5-4-6-19(21)23(30)28(24)18-9-8-17(3)20(25)11-18/h4-9,11,15-16H,10,12-14H2,1-3H3. The van der Waals surface area contributed by atoms with E-state index >= 15 is 0 Å². The lowest BCUT2D eigenvalue weighted by Gasteiger charge is -2.35. The van der Waals surface area contributed by atoms with E-state index in [0.717, 1.165) is 25.1 Å². The van der Waals surface area contributed by atoms with Crippen LogP contribution in [0.4, 0.5) is 0 Å². The van der Waals surface area contributed by atoms with Gasteiger partial charge in [0.1, 0.15) is 0 Å². The van der Waals surface area contributed by atoms with Crippen LogP contribution in [0.15, 0.2) is 52.4 Å². The summed E-state index contributed by atoms with van der Waals surface area (Å²) in [4.78, 5) is 32.9. The summed E-state index contributed by atoms with van der Waals surface area (Å²) in [6, 6.07) is 12.8. The SMILES string of the molecule is Cc1ccc(-n2c(SCC(=O)N3CC(C)CC(C)C3)nc3ccccc3c2=O)cc1Cl. The van der Waals surface area contributed by atoms with Crippen molar-refractivity contribution in [3.8, 4) is 5.69 Å². The maximum Gasteiger partial charge on any atom is 0.266 e. The molecule has 1 saturated heterocycles. The number of para-hydroxylation sites is 1. The number of amides is 1. The van der Waals surface area contributed by atoms with Crippen LogP contribution < -0.4 is 5.56 Å². The van der Waals surface area contributed by atoms with Gasteiger partial charge in [0, 0.05) is 18.1 Å². The predicted molar refractivity (Wildman–Crippen MR) is 127 cm³/mol. The Morgan fingerprint density at radius 3 is 2.58 bits per heavy atom. The van der Waals surface area contributed by atoms with Gasteiger partial charge in [0.15, 0.2) is 5.16 Å². The molecule has 1 aliphatic rings. The third kappa shape index (κ3) is 4.65. The molecule has 7 heteroatoms. The van der Waals surface area contributed by atoms with Gasteiger partial charge in [-0.2, -0.15) is 0 Å². The van der Waals surface area contributed by atoms with E-state index in [4.69, 9.17) is 16.6 Å². The zero-order valence-electron chi connectivity index (χ0n) is 18.0. The van der Waals surface area contributed by atoms with E-state index < -0.39 is 0 Å². The first-order chi connectivity index (χ1) is 14.8. The van der Waals surface area contributed by atoms with Gasteiger partial charge in [0.05, 0.1) is 22.3 Å². The fourth-order valence-electron chi connectivity index (χ4n) is 4.24. The topological polar surface area (TPSA) is 55.2 Å².